The van der Waals surface area contributed by atoms with E-state index in [0.717, 1.165) is 45.2 Å². The number of carbonyl (C=O) groups excluding carboxylic acids is 3. The van der Waals surface area contributed by atoms with Gasteiger partial charge < -0.3 is 43.4 Å². The Kier molecular flexibility index (Phi) is 35.5. The third-order valence-corrected chi connectivity index (χ3v) is 14.6. The van der Waals surface area contributed by atoms with Gasteiger partial charge in [-0.15, -0.1) is 0 Å². The van der Waals surface area contributed by atoms with Gasteiger partial charge >= 0.3 is 17.9 Å². The van der Waals surface area contributed by atoms with Crippen LogP contribution in [-0.2, 0) is 38.0 Å². The molecule has 4 aromatic carbocycles. The predicted molar refractivity (Wildman–Crippen MR) is 308 cm³/mol. The van der Waals surface area contributed by atoms with Crippen molar-refractivity contribution in [3.63, 3.8) is 0 Å². The predicted octanol–water partition coefficient (Wildman–Crippen LogP) is 14.2. The highest BCUT2D eigenvalue weighted by atomic mass is 16.5. The van der Waals surface area contributed by atoms with Gasteiger partial charge in [-0.1, -0.05) is 146 Å². The summed E-state index contributed by atoms with van der Waals surface area (Å²) in [6.07, 6.45) is 22.5. The van der Waals surface area contributed by atoms with Crippen molar-refractivity contribution in [1.29, 1.82) is 0 Å². The van der Waals surface area contributed by atoms with Crippen LogP contribution < -0.4 is 0 Å². The van der Waals surface area contributed by atoms with E-state index < -0.39 is 24.1 Å². The first-order valence-corrected chi connectivity index (χ1v) is 28.4. The van der Waals surface area contributed by atoms with Crippen LogP contribution in [0.25, 0.3) is 21.5 Å². The highest BCUT2D eigenvalue weighted by Gasteiger charge is 2.23. The number of aliphatic hydroxyl groups is 2. The third-order valence-electron chi connectivity index (χ3n) is 14.6. The van der Waals surface area contributed by atoms with Crippen molar-refractivity contribution in [3.05, 3.63) is 96.1 Å². The number of hydrogen-bond acceptors (Lipinski definition) is 12. The summed E-state index contributed by atoms with van der Waals surface area (Å²) < 4.78 is 35.6. The lowest BCUT2D eigenvalue weighted by Gasteiger charge is -2.26. The summed E-state index contributed by atoms with van der Waals surface area (Å²) >= 11 is 0. The lowest BCUT2D eigenvalue weighted by molar-refractivity contribution is -0.140. The molecule has 4 aliphatic carbocycles. The van der Waals surface area contributed by atoms with E-state index in [1.165, 1.54) is 110 Å². The number of hydrogen-bond donors (Lipinski definition) is 2. The van der Waals surface area contributed by atoms with Crippen molar-refractivity contribution in [2.24, 2.45) is 23.7 Å². The Hall–Kier alpha value is -4.43. The molecule has 0 saturated heterocycles. The van der Waals surface area contributed by atoms with Crippen LogP contribution in [0.5, 0.6) is 0 Å². The summed E-state index contributed by atoms with van der Waals surface area (Å²) in [5, 5.41) is 21.9. The number of esters is 3. The van der Waals surface area contributed by atoms with Crippen LogP contribution in [0, 0.1) is 23.7 Å². The maximum absolute atomic E-state index is 12.4. The van der Waals surface area contributed by atoms with Crippen molar-refractivity contribution >= 4 is 39.5 Å². The molecule has 2 N–H and O–H groups in total. The Labute approximate surface area is 458 Å². The van der Waals surface area contributed by atoms with E-state index in [4.69, 9.17) is 33.5 Å². The minimum Gasteiger partial charge on any atom is -0.466 e. The number of fused-ring (bicyclic) bond motifs is 2. The lowest BCUT2D eigenvalue weighted by atomic mass is 9.88. The first-order chi connectivity index (χ1) is 36.5. The molecule has 4 aromatic rings. The third kappa shape index (κ3) is 26.8. The molecule has 12 heteroatoms. The van der Waals surface area contributed by atoms with Crippen LogP contribution in [0.4, 0.5) is 0 Å². The van der Waals surface area contributed by atoms with E-state index in [1.807, 2.05) is 83.0 Å². The zero-order valence-electron chi connectivity index (χ0n) is 48.8. The molecule has 0 radical (unpaired) electrons. The Morgan fingerprint density at radius 3 is 1.07 bits per heavy atom. The summed E-state index contributed by atoms with van der Waals surface area (Å²) in [6, 6.07) is 26.3. The molecule has 4 aliphatic rings. The summed E-state index contributed by atoms with van der Waals surface area (Å²) in [5.74, 6) is 2.17. The van der Waals surface area contributed by atoms with Crippen LogP contribution in [0.3, 0.4) is 0 Å². The van der Waals surface area contributed by atoms with E-state index in [0.29, 0.717) is 42.1 Å². The van der Waals surface area contributed by atoms with Gasteiger partial charge in [0, 0.05) is 35.4 Å². The molecule has 10 unspecified atom stereocenters. The maximum Gasteiger partial charge on any atom is 0.339 e. The zero-order valence-corrected chi connectivity index (χ0v) is 48.8. The van der Waals surface area contributed by atoms with Crippen molar-refractivity contribution in [2.75, 3.05) is 48.3 Å². The van der Waals surface area contributed by atoms with E-state index in [9.17, 15) is 19.5 Å². The molecule has 4 fully saturated rings. The van der Waals surface area contributed by atoms with E-state index in [-0.39, 0.29) is 19.2 Å². The monoisotopic (exact) mass is 1060 g/mol. The number of ether oxygens (including phenoxy) is 7. The second kappa shape index (κ2) is 39.9. The molecular formula is C64H100O12. The van der Waals surface area contributed by atoms with Crippen molar-refractivity contribution in [2.45, 2.75) is 195 Å². The Balaban J connectivity index is 0.000000317. The van der Waals surface area contributed by atoms with Crippen LogP contribution >= 0.6 is 0 Å². The molecule has 428 valence electrons. The van der Waals surface area contributed by atoms with Gasteiger partial charge in [0.25, 0.3) is 0 Å². The van der Waals surface area contributed by atoms with Gasteiger partial charge in [0.2, 0.25) is 0 Å². The minimum atomic E-state index is -0.671. The molecule has 8 rings (SSSR count). The number of aliphatic hydroxyl groups excluding tert-OH is 2. The quantitative estimate of drug-likeness (QED) is 0.0834. The van der Waals surface area contributed by atoms with Gasteiger partial charge in [0.05, 0.1) is 54.4 Å². The highest BCUT2D eigenvalue weighted by Crippen LogP contribution is 2.30. The number of benzene rings is 4. The Morgan fingerprint density at radius 1 is 0.474 bits per heavy atom. The van der Waals surface area contributed by atoms with Gasteiger partial charge in [-0.25, -0.2) is 9.59 Å². The van der Waals surface area contributed by atoms with Crippen LogP contribution in [0.15, 0.2) is 84.9 Å². The first kappa shape index (κ1) is 67.7. The largest absolute Gasteiger partial charge is 0.466 e. The minimum absolute atomic E-state index is 0.00359. The van der Waals surface area contributed by atoms with Gasteiger partial charge in [-0.2, -0.15) is 0 Å². The molecule has 0 bridgehead atoms. The Bertz CT molecular complexity index is 2000. The van der Waals surface area contributed by atoms with Crippen LogP contribution in [0.2, 0.25) is 0 Å². The molecule has 0 amide bonds. The first-order valence-electron chi connectivity index (χ1n) is 28.4. The fourth-order valence-electron chi connectivity index (χ4n) is 10.1. The van der Waals surface area contributed by atoms with E-state index in [1.54, 1.807) is 45.0 Å². The van der Waals surface area contributed by atoms with Crippen LogP contribution in [-0.4, -0.2) is 113 Å². The van der Waals surface area contributed by atoms with E-state index >= 15 is 0 Å². The summed E-state index contributed by atoms with van der Waals surface area (Å²) in [6.45, 7) is 16.0. The fourth-order valence-corrected chi connectivity index (χ4v) is 10.1. The Morgan fingerprint density at radius 2 is 0.789 bits per heavy atom. The second-order valence-corrected chi connectivity index (χ2v) is 21.0. The zero-order chi connectivity index (χ0) is 56.3. The topological polar surface area (TPSA) is 156 Å². The van der Waals surface area contributed by atoms with Crippen LogP contribution in [0.1, 0.15) is 179 Å². The molecule has 0 spiro atoms. The van der Waals surface area contributed by atoms with Gasteiger partial charge in [-0.3, -0.25) is 4.79 Å². The molecule has 0 aliphatic heterocycles. The normalized spacial score (nSPS) is 23.5. The highest BCUT2D eigenvalue weighted by molar-refractivity contribution is 6.16. The van der Waals surface area contributed by atoms with E-state index in [2.05, 4.69) is 38.5 Å². The molecule has 0 aromatic heterocycles. The number of carbonyl (C=O) groups is 3. The molecule has 4 saturated carbocycles. The molecule has 0 heterocycles. The van der Waals surface area contributed by atoms with Gasteiger partial charge in [0.15, 0.2) is 0 Å². The maximum atomic E-state index is 12.4. The van der Waals surface area contributed by atoms with Crippen molar-refractivity contribution in [3.8, 4) is 0 Å². The van der Waals surface area contributed by atoms with Crippen molar-refractivity contribution < 1.29 is 57.8 Å². The molecular weight excluding hydrogens is 961 g/mol. The molecule has 12 nitrogen and oxygen atoms in total. The molecule has 10 atom stereocenters. The average Bonchev–Trinajstić information content (AvgIpc) is 3.43. The standard InChI is InChI=1S/C18H16O3.C10H12O3.4C8H16O.C4H8O2/c1-12(19)11-21-18(20)17-15-8-4-2-6-13(15)10-14-7-3-5-9-16(14)17;1-8(11)7-13-10(12)9-5-3-2-4-6-9;4*1-7-5-3-4-6-8(7)9-2;1-3-6-4(2)5/h2-10,12,19H,11H2,1H3;2-6,8,11H,7H2,1H3;4*7-8H,3-6H2,1-2H3;3H2,1-2H3. The lowest BCUT2D eigenvalue weighted by Crippen LogP contribution is -2.23. The number of methoxy groups -OCH3 is 4. The SMILES string of the molecule is CC(O)COC(=O)c1c2ccccc2cc2ccccc12.CC(O)COC(=O)c1ccccc1.CCOC(C)=O.COC1CCCCC1C.COC1CCCCC1C.COC1CCCCC1C.COC1CCCCC1C. The fraction of sp³-hybridized carbons (Fsp3) is 0.641. The second-order valence-electron chi connectivity index (χ2n) is 21.0. The summed E-state index contributed by atoms with van der Waals surface area (Å²) in [7, 11) is 7.30. The smallest absolute Gasteiger partial charge is 0.339 e. The number of rotatable bonds is 11. The average molecular weight is 1060 g/mol. The summed E-state index contributed by atoms with van der Waals surface area (Å²) in [5.41, 5.74) is 1.06. The summed E-state index contributed by atoms with van der Waals surface area (Å²) in [4.78, 5) is 33.5. The van der Waals surface area contributed by atoms with Crippen molar-refractivity contribution in [1.82, 2.24) is 0 Å². The van der Waals surface area contributed by atoms with Gasteiger partial charge in [-0.05, 0) is 136 Å². The van der Waals surface area contributed by atoms with Gasteiger partial charge in [0.1, 0.15) is 13.2 Å². The molecule has 76 heavy (non-hydrogen) atoms.